The van der Waals surface area contributed by atoms with Gasteiger partial charge in [-0.25, -0.2) is 9.56 Å². The quantitative estimate of drug-likeness (QED) is 0.748. The lowest BCUT2D eigenvalue weighted by Gasteiger charge is -2.12. The second-order valence-corrected chi connectivity index (χ2v) is 4.77. The Balaban J connectivity index is 1.60. The summed E-state index contributed by atoms with van der Waals surface area (Å²) in [5, 5.41) is 0. The number of fused-ring (bicyclic) bond motifs is 1. The monoisotopic (exact) mass is 240 g/mol. The molecule has 0 saturated carbocycles. The van der Waals surface area contributed by atoms with Crippen molar-refractivity contribution in [2.24, 2.45) is 0 Å². The normalized spacial score (nSPS) is 14.1. The molecule has 0 atom stereocenters. The molecule has 2 heterocycles. The van der Waals surface area contributed by atoms with Crippen LogP contribution in [0, 0.1) is 0 Å². The average Bonchev–Trinajstić information content (AvgIpc) is 2.92. The van der Waals surface area contributed by atoms with Crippen molar-refractivity contribution in [3.63, 3.8) is 0 Å². The molecule has 0 amide bonds. The second-order valence-electron chi connectivity index (χ2n) is 4.77. The fraction of sp³-hybridized carbons (Fsp3) is 0.333. The standard InChI is InChI=1S/C15H18N3/c1-2-5-15-12-17(10-6-14(15)4-1)8-3-9-18-11-7-16-13-18/h1-2,4-5,7,11-13H,3,6,8-10H2/q+1. The van der Waals surface area contributed by atoms with Gasteiger partial charge in [-0.05, 0) is 11.6 Å². The number of rotatable bonds is 4. The van der Waals surface area contributed by atoms with Crippen LogP contribution in [-0.2, 0) is 13.0 Å². The maximum atomic E-state index is 4.06. The largest absolute Gasteiger partial charge is 0.337 e. The van der Waals surface area contributed by atoms with Crippen molar-refractivity contribution in [2.45, 2.75) is 19.4 Å². The third-order valence-corrected chi connectivity index (χ3v) is 3.47. The SMILES string of the molecule is C1=[N+](CCCn2ccnc2)CCc2ccccc21. The Morgan fingerprint density at radius 2 is 2.22 bits per heavy atom. The number of hydrogen-bond donors (Lipinski definition) is 0. The topological polar surface area (TPSA) is 20.8 Å². The molecule has 0 spiro atoms. The summed E-state index contributed by atoms with van der Waals surface area (Å²) < 4.78 is 4.57. The zero-order valence-electron chi connectivity index (χ0n) is 10.5. The average molecular weight is 240 g/mol. The van der Waals surface area contributed by atoms with E-state index in [0.717, 1.165) is 32.5 Å². The summed E-state index contributed by atoms with van der Waals surface area (Å²) in [5.41, 5.74) is 2.86. The Morgan fingerprint density at radius 3 is 3.11 bits per heavy atom. The number of aromatic nitrogens is 2. The van der Waals surface area contributed by atoms with E-state index in [9.17, 15) is 0 Å². The first-order valence-electron chi connectivity index (χ1n) is 6.54. The van der Waals surface area contributed by atoms with Crippen LogP contribution in [0.2, 0.25) is 0 Å². The Labute approximate surface area is 107 Å². The van der Waals surface area contributed by atoms with Gasteiger partial charge in [0.05, 0.1) is 6.33 Å². The highest BCUT2D eigenvalue weighted by molar-refractivity contribution is 5.78. The fourth-order valence-corrected chi connectivity index (χ4v) is 2.46. The van der Waals surface area contributed by atoms with Crippen LogP contribution in [0.3, 0.4) is 0 Å². The van der Waals surface area contributed by atoms with Gasteiger partial charge in [0.1, 0.15) is 13.1 Å². The molecule has 1 aliphatic rings. The highest BCUT2D eigenvalue weighted by Gasteiger charge is 2.14. The summed E-state index contributed by atoms with van der Waals surface area (Å²) in [6.45, 7) is 3.31. The molecule has 18 heavy (non-hydrogen) atoms. The zero-order chi connectivity index (χ0) is 12.2. The molecule has 1 aromatic carbocycles. The molecule has 0 aliphatic carbocycles. The van der Waals surface area contributed by atoms with Crippen LogP contribution >= 0.6 is 0 Å². The molecule has 1 aliphatic heterocycles. The van der Waals surface area contributed by atoms with Crippen LogP contribution in [0.25, 0.3) is 0 Å². The summed E-state index contributed by atoms with van der Waals surface area (Å²) in [4.78, 5) is 4.06. The van der Waals surface area contributed by atoms with E-state index in [1.807, 2.05) is 18.7 Å². The summed E-state index contributed by atoms with van der Waals surface area (Å²) in [7, 11) is 0. The molecule has 2 aromatic rings. The van der Waals surface area contributed by atoms with Crippen molar-refractivity contribution < 1.29 is 4.58 Å². The summed E-state index contributed by atoms with van der Waals surface area (Å²) in [6, 6.07) is 8.68. The fourth-order valence-electron chi connectivity index (χ4n) is 2.46. The predicted molar refractivity (Wildman–Crippen MR) is 72.2 cm³/mol. The Hall–Kier alpha value is -1.90. The molecule has 0 N–H and O–H groups in total. The van der Waals surface area contributed by atoms with Gasteiger partial charge in [0.25, 0.3) is 0 Å². The molecule has 0 unspecified atom stereocenters. The van der Waals surface area contributed by atoms with E-state index in [-0.39, 0.29) is 0 Å². The van der Waals surface area contributed by atoms with E-state index in [1.54, 1.807) is 0 Å². The molecular formula is C15H18N3+. The van der Waals surface area contributed by atoms with Crippen molar-refractivity contribution in [2.75, 3.05) is 13.1 Å². The summed E-state index contributed by atoms with van der Waals surface area (Å²) >= 11 is 0. The first kappa shape index (κ1) is 11.2. The minimum absolute atomic E-state index is 1.05. The first-order chi connectivity index (χ1) is 8.92. The van der Waals surface area contributed by atoms with Crippen LogP contribution in [0.15, 0.2) is 43.0 Å². The number of hydrogen-bond acceptors (Lipinski definition) is 1. The Kier molecular flexibility index (Phi) is 3.22. The van der Waals surface area contributed by atoms with E-state index in [0.29, 0.717) is 0 Å². The summed E-state index contributed by atoms with van der Waals surface area (Å²) in [5.74, 6) is 0. The van der Waals surface area contributed by atoms with Crippen molar-refractivity contribution in [3.05, 3.63) is 54.1 Å². The second kappa shape index (κ2) is 5.17. The van der Waals surface area contributed by atoms with Crippen molar-refractivity contribution in [1.82, 2.24) is 9.55 Å². The van der Waals surface area contributed by atoms with Crippen LogP contribution in [0.1, 0.15) is 17.5 Å². The lowest BCUT2D eigenvalue weighted by Crippen LogP contribution is -2.24. The van der Waals surface area contributed by atoms with Gasteiger partial charge in [0.15, 0.2) is 6.21 Å². The van der Waals surface area contributed by atoms with Gasteiger partial charge in [0, 0.05) is 37.3 Å². The van der Waals surface area contributed by atoms with Gasteiger partial charge in [-0.15, -0.1) is 0 Å². The highest BCUT2D eigenvalue weighted by Crippen LogP contribution is 2.11. The Morgan fingerprint density at radius 1 is 1.28 bits per heavy atom. The molecular weight excluding hydrogens is 222 g/mol. The minimum Gasteiger partial charge on any atom is -0.337 e. The molecule has 0 saturated heterocycles. The van der Waals surface area contributed by atoms with E-state index in [1.165, 1.54) is 11.1 Å². The lowest BCUT2D eigenvalue weighted by molar-refractivity contribution is -0.524. The Bertz CT molecular complexity index is 541. The maximum Gasteiger partial charge on any atom is 0.170 e. The van der Waals surface area contributed by atoms with Gasteiger partial charge >= 0.3 is 0 Å². The molecule has 3 nitrogen and oxygen atoms in total. The molecule has 92 valence electrons. The third-order valence-electron chi connectivity index (χ3n) is 3.47. The van der Waals surface area contributed by atoms with Gasteiger partial charge in [-0.3, -0.25) is 0 Å². The van der Waals surface area contributed by atoms with Crippen LogP contribution < -0.4 is 0 Å². The van der Waals surface area contributed by atoms with Gasteiger partial charge in [-0.1, -0.05) is 18.2 Å². The van der Waals surface area contributed by atoms with Gasteiger partial charge < -0.3 is 4.57 Å². The number of benzene rings is 1. The van der Waals surface area contributed by atoms with E-state index < -0.39 is 0 Å². The zero-order valence-corrected chi connectivity index (χ0v) is 10.5. The number of imidazole rings is 1. The van der Waals surface area contributed by atoms with Crippen molar-refractivity contribution >= 4 is 6.21 Å². The van der Waals surface area contributed by atoms with Gasteiger partial charge in [0.2, 0.25) is 0 Å². The molecule has 3 heteroatoms. The molecule has 1 aromatic heterocycles. The van der Waals surface area contributed by atoms with E-state index >= 15 is 0 Å². The van der Waals surface area contributed by atoms with E-state index in [2.05, 4.69) is 44.6 Å². The maximum absolute atomic E-state index is 4.06. The predicted octanol–water partition coefficient (Wildman–Crippen LogP) is 1.96. The molecule has 0 bridgehead atoms. The van der Waals surface area contributed by atoms with Crippen molar-refractivity contribution in [3.8, 4) is 0 Å². The highest BCUT2D eigenvalue weighted by atomic mass is 15.0. The van der Waals surface area contributed by atoms with Crippen LogP contribution in [-0.4, -0.2) is 33.4 Å². The first-order valence-corrected chi connectivity index (χ1v) is 6.54. The van der Waals surface area contributed by atoms with E-state index in [4.69, 9.17) is 0 Å². The summed E-state index contributed by atoms with van der Waals surface area (Å²) in [6.07, 6.45) is 10.4. The lowest BCUT2D eigenvalue weighted by atomic mass is 10.0. The molecule has 3 rings (SSSR count). The van der Waals surface area contributed by atoms with Gasteiger partial charge in [-0.2, -0.15) is 0 Å². The van der Waals surface area contributed by atoms with Crippen molar-refractivity contribution in [1.29, 1.82) is 0 Å². The molecule has 0 fully saturated rings. The molecule has 0 radical (unpaired) electrons. The number of nitrogens with zero attached hydrogens (tertiary/aromatic N) is 3. The number of aryl methyl sites for hydroxylation is 1. The minimum atomic E-state index is 1.05. The third kappa shape index (κ3) is 2.50. The van der Waals surface area contributed by atoms with Crippen LogP contribution in [0.4, 0.5) is 0 Å². The van der Waals surface area contributed by atoms with Crippen LogP contribution in [0.5, 0.6) is 0 Å². The smallest absolute Gasteiger partial charge is 0.170 e.